The lowest BCUT2D eigenvalue weighted by molar-refractivity contribution is -0.142. The lowest BCUT2D eigenvalue weighted by atomic mass is 9.55. The molecule has 0 aromatic heterocycles. The molecule has 0 aromatic carbocycles. The van der Waals surface area contributed by atoms with Crippen molar-refractivity contribution in [3.05, 3.63) is 35.6 Å². The van der Waals surface area contributed by atoms with Gasteiger partial charge in [-0.15, -0.1) is 0 Å². The van der Waals surface area contributed by atoms with Crippen LogP contribution in [0.1, 0.15) is 91.9 Å². The average molecular weight is 441 g/mol. The minimum Gasteiger partial charge on any atom is -0.493 e. The van der Waals surface area contributed by atoms with Gasteiger partial charge in [0, 0.05) is 16.4 Å². The van der Waals surface area contributed by atoms with Gasteiger partial charge in [0.2, 0.25) is 0 Å². The van der Waals surface area contributed by atoms with E-state index in [0.717, 1.165) is 41.6 Å². The van der Waals surface area contributed by atoms with Gasteiger partial charge >= 0.3 is 5.97 Å². The summed E-state index contributed by atoms with van der Waals surface area (Å²) in [6.07, 6.45) is 12.6. The molecule has 0 aromatic rings. The highest BCUT2D eigenvalue weighted by molar-refractivity contribution is 5.86. The predicted molar refractivity (Wildman–Crippen MR) is 130 cm³/mol. The molecule has 0 heterocycles. The first kappa shape index (κ1) is 23.6. The largest absolute Gasteiger partial charge is 0.493 e. The number of carbonyl (C=O) groups excluding carboxylic acids is 1. The molecule has 4 aliphatic rings. The maximum Gasteiger partial charge on any atom is 0.333 e. The summed E-state index contributed by atoms with van der Waals surface area (Å²) in [7, 11) is 0. The molecule has 4 aliphatic carbocycles. The van der Waals surface area contributed by atoms with Crippen LogP contribution in [0, 0.1) is 34.5 Å². The number of hydrogen-bond acceptors (Lipinski definition) is 3. The van der Waals surface area contributed by atoms with Crippen LogP contribution in [0.2, 0.25) is 0 Å². The molecule has 4 fully saturated rings. The Morgan fingerprint density at radius 1 is 0.875 bits per heavy atom. The molecule has 6 unspecified atom stereocenters. The molecule has 0 amide bonds. The number of esters is 1. The van der Waals surface area contributed by atoms with Crippen LogP contribution >= 0.6 is 0 Å². The third-order valence-electron chi connectivity index (χ3n) is 9.06. The van der Waals surface area contributed by atoms with E-state index in [1.807, 2.05) is 0 Å². The van der Waals surface area contributed by atoms with E-state index in [2.05, 4.69) is 33.9 Å². The van der Waals surface area contributed by atoms with Crippen LogP contribution in [0.15, 0.2) is 35.6 Å². The monoisotopic (exact) mass is 440 g/mol. The fourth-order valence-corrected chi connectivity index (χ4v) is 7.24. The van der Waals surface area contributed by atoms with Gasteiger partial charge in [-0.1, -0.05) is 27.0 Å². The van der Waals surface area contributed by atoms with Crippen molar-refractivity contribution in [3.8, 4) is 0 Å². The first-order valence-corrected chi connectivity index (χ1v) is 12.9. The van der Waals surface area contributed by atoms with Crippen molar-refractivity contribution in [1.82, 2.24) is 0 Å². The second kappa shape index (κ2) is 9.03. The highest BCUT2D eigenvalue weighted by atomic mass is 16.5. The summed E-state index contributed by atoms with van der Waals surface area (Å²) in [5.74, 6) is 4.03. The maximum absolute atomic E-state index is 12.0. The molecule has 4 bridgehead atoms. The standard InChI is InChI=1S/C29H44O3/c1-19(2)26(21-8-7-9-21)31-18-29(6)15-23-13-25(16-29)24-12-22(23)10-11-28(5,14-24)17-32-27(30)20(3)4/h22-25H,1,3,7-18H2,2,4-6H3. The lowest BCUT2D eigenvalue weighted by Crippen LogP contribution is -2.44. The molecule has 0 N–H and O–H groups in total. The van der Waals surface area contributed by atoms with Crippen molar-refractivity contribution in [2.45, 2.75) is 91.9 Å². The van der Waals surface area contributed by atoms with Gasteiger partial charge < -0.3 is 9.47 Å². The van der Waals surface area contributed by atoms with Gasteiger partial charge in [0.25, 0.3) is 0 Å². The molecular formula is C29H44O3. The molecule has 0 saturated heterocycles. The highest BCUT2D eigenvalue weighted by Gasteiger charge is 2.50. The second-order valence-corrected chi connectivity index (χ2v) is 12.5. The van der Waals surface area contributed by atoms with Crippen LogP contribution in [-0.2, 0) is 14.3 Å². The SMILES string of the molecule is C=C(C)C(=O)OCC1(C)CCC2CC(C1)C1CC2CC(C)(COC(C(=C)C)=C2CCC2)C1. The van der Waals surface area contributed by atoms with Crippen molar-refractivity contribution in [1.29, 1.82) is 0 Å². The molecule has 0 aliphatic heterocycles. The van der Waals surface area contributed by atoms with E-state index >= 15 is 0 Å². The zero-order valence-electron chi connectivity index (χ0n) is 20.9. The van der Waals surface area contributed by atoms with Crippen LogP contribution in [0.25, 0.3) is 0 Å². The average Bonchev–Trinajstić information content (AvgIpc) is 2.84. The van der Waals surface area contributed by atoms with Gasteiger partial charge in [-0.05, 0) is 113 Å². The number of ether oxygens (including phenoxy) is 2. The molecule has 178 valence electrons. The quantitative estimate of drug-likeness (QED) is 0.235. The topological polar surface area (TPSA) is 35.5 Å². The summed E-state index contributed by atoms with van der Waals surface area (Å²) < 4.78 is 12.2. The Kier molecular flexibility index (Phi) is 6.67. The summed E-state index contributed by atoms with van der Waals surface area (Å²) in [5.41, 5.74) is 3.41. The molecule has 0 spiro atoms. The number of rotatable bonds is 7. The molecule has 3 nitrogen and oxygen atoms in total. The van der Waals surface area contributed by atoms with Crippen molar-refractivity contribution in [2.24, 2.45) is 34.5 Å². The zero-order valence-corrected chi connectivity index (χ0v) is 20.9. The minimum absolute atomic E-state index is 0.0939. The molecule has 4 rings (SSSR count). The Balaban J connectivity index is 1.43. The summed E-state index contributed by atoms with van der Waals surface area (Å²) in [5, 5.41) is 0. The normalized spacial score (nSPS) is 38.2. The van der Waals surface area contributed by atoms with Crippen LogP contribution < -0.4 is 0 Å². The third-order valence-corrected chi connectivity index (χ3v) is 9.06. The van der Waals surface area contributed by atoms with E-state index in [-0.39, 0.29) is 16.8 Å². The Labute approximate surface area is 195 Å². The Morgan fingerprint density at radius 2 is 1.44 bits per heavy atom. The van der Waals surface area contributed by atoms with Gasteiger partial charge in [0.15, 0.2) is 0 Å². The van der Waals surface area contributed by atoms with Gasteiger partial charge in [0.1, 0.15) is 5.76 Å². The summed E-state index contributed by atoms with van der Waals surface area (Å²) in [6, 6.07) is 0. The van der Waals surface area contributed by atoms with Crippen LogP contribution in [-0.4, -0.2) is 19.2 Å². The summed E-state index contributed by atoms with van der Waals surface area (Å²) >= 11 is 0. The predicted octanol–water partition coefficient (Wildman–Crippen LogP) is 7.39. The van der Waals surface area contributed by atoms with Gasteiger partial charge in [-0.2, -0.15) is 0 Å². The molecule has 4 saturated carbocycles. The number of carbonyl (C=O) groups is 1. The smallest absolute Gasteiger partial charge is 0.333 e. The van der Waals surface area contributed by atoms with E-state index in [1.54, 1.807) is 6.92 Å². The molecular weight excluding hydrogens is 396 g/mol. The maximum atomic E-state index is 12.0. The molecule has 6 atom stereocenters. The molecule has 3 heteroatoms. The molecule has 32 heavy (non-hydrogen) atoms. The van der Waals surface area contributed by atoms with Crippen LogP contribution in [0.4, 0.5) is 0 Å². The van der Waals surface area contributed by atoms with E-state index in [4.69, 9.17) is 9.47 Å². The Morgan fingerprint density at radius 3 is 2.00 bits per heavy atom. The fraction of sp³-hybridized carbons (Fsp3) is 0.759. The van der Waals surface area contributed by atoms with E-state index in [9.17, 15) is 4.79 Å². The zero-order chi connectivity index (χ0) is 23.1. The number of allylic oxidation sites excluding steroid dienone is 2. The van der Waals surface area contributed by atoms with E-state index in [0.29, 0.717) is 12.2 Å². The van der Waals surface area contributed by atoms with E-state index in [1.165, 1.54) is 69.8 Å². The number of hydrogen-bond donors (Lipinski definition) is 0. The third kappa shape index (κ3) is 5.02. The van der Waals surface area contributed by atoms with Crippen molar-refractivity contribution in [2.75, 3.05) is 13.2 Å². The van der Waals surface area contributed by atoms with Crippen molar-refractivity contribution >= 4 is 5.97 Å². The molecule has 0 radical (unpaired) electrons. The van der Waals surface area contributed by atoms with Crippen LogP contribution in [0.3, 0.4) is 0 Å². The van der Waals surface area contributed by atoms with Gasteiger partial charge in [-0.25, -0.2) is 4.79 Å². The van der Waals surface area contributed by atoms with Crippen LogP contribution in [0.5, 0.6) is 0 Å². The second-order valence-electron chi connectivity index (χ2n) is 12.5. The Hall–Kier alpha value is -1.51. The van der Waals surface area contributed by atoms with Gasteiger partial charge in [-0.3, -0.25) is 0 Å². The first-order chi connectivity index (χ1) is 15.1. The summed E-state index contributed by atoms with van der Waals surface area (Å²) in [4.78, 5) is 12.0. The van der Waals surface area contributed by atoms with Crippen molar-refractivity contribution in [3.63, 3.8) is 0 Å². The number of fused-ring (bicyclic) bond motifs is 6. The fourth-order valence-electron chi connectivity index (χ4n) is 7.24. The van der Waals surface area contributed by atoms with E-state index < -0.39 is 0 Å². The first-order valence-electron chi connectivity index (χ1n) is 12.9. The van der Waals surface area contributed by atoms with Gasteiger partial charge in [0.05, 0.1) is 13.2 Å². The highest BCUT2D eigenvalue weighted by Crippen LogP contribution is 2.58. The Bertz CT molecular complexity index is 801. The summed E-state index contributed by atoms with van der Waals surface area (Å²) in [6.45, 7) is 17.9. The van der Waals surface area contributed by atoms with Crippen molar-refractivity contribution < 1.29 is 14.3 Å². The minimum atomic E-state index is -0.240. The lowest BCUT2D eigenvalue weighted by Gasteiger charge is -2.51.